The smallest absolute Gasteiger partial charge is 0.409 e. The number of likely N-dealkylation sites (N-methyl/N-ethyl adjacent to an activating group) is 1. The highest BCUT2D eigenvalue weighted by atomic mass is 35.5. The Labute approximate surface area is 311 Å². The molecule has 0 radical (unpaired) electrons. The quantitative estimate of drug-likeness (QED) is 0.299. The van der Waals surface area contributed by atoms with E-state index < -0.39 is 59.8 Å². The summed E-state index contributed by atoms with van der Waals surface area (Å²) in [6.07, 6.45) is 2.68. The minimum atomic E-state index is -1.80. The number of aliphatic hydroxyl groups is 1. The summed E-state index contributed by atoms with van der Waals surface area (Å²) in [5.41, 5.74) is 0.220. The average molecular weight is 745 g/mol. The third kappa shape index (κ3) is 8.33. The van der Waals surface area contributed by atoms with E-state index in [1.54, 1.807) is 40.1 Å². The molecule has 13 nitrogen and oxygen atoms in total. The number of carbonyl (C=O) groups excluding carboxylic acids is 4. The lowest BCUT2D eigenvalue weighted by molar-refractivity contribution is -0.163. The van der Waals surface area contributed by atoms with Gasteiger partial charge in [-0.15, -0.1) is 0 Å². The number of aryl methyl sites for hydroxylation is 1. The van der Waals surface area contributed by atoms with E-state index in [4.69, 9.17) is 30.5 Å². The second kappa shape index (κ2) is 15.9. The van der Waals surface area contributed by atoms with Crippen molar-refractivity contribution in [3.63, 3.8) is 0 Å². The zero-order valence-electron chi connectivity index (χ0n) is 31.4. The molecule has 4 heterocycles. The number of anilines is 1. The molecule has 1 aromatic rings. The highest BCUT2D eigenvalue weighted by Crippen LogP contribution is 2.49. The maximum atomic E-state index is 14.1. The first kappa shape index (κ1) is 39.7. The summed E-state index contributed by atoms with van der Waals surface area (Å²) in [6.45, 7) is 10.5. The van der Waals surface area contributed by atoms with E-state index in [0.717, 1.165) is 29.8 Å². The molecule has 3 fully saturated rings. The van der Waals surface area contributed by atoms with Crippen LogP contribution in [-0.2, 0) is 39.8 Å². The van der Waals surface area contributed by atoms with Crippen LogP contribution in [0.2, 0.25) is 5.02 Å². The summed E-state index contributed by atoms with van der Waals surface area (Å²) >= 11 is 6.78. The second-order valence-corrected chi connectivity index (χ2v) is 15.4. The Morgan fingerprint density at radius 3 is 2.56 bits per heavy atom. The first-order valence-electron chi connectivity index (χ1n) is 18.0. The summed E-state index contributed by atoms with van der Waals surface area (Å²) in [7, 11) is 4.66. The van der Waals surface area contributed by atoms with Crippen molar-refractivity contribution in [2.45, 2.75) is 109 Å². The lowest BCUT2D eigenvalue weighted by Crippen LogP contribution is -2.63. The van der Waals surface area contributed by atoms with E-state index in [1.807, 2.05) is 39.0 Å². The molecule has 5 rings (SSSR count). The van der Waals surface area contributed by atoms with Crippen molar-refractivity contribution in [1.82, 2.24) is 15.5 Å². The van der Waals surface area contributed by atoms with Gasteiger partial charge in [-0.1, -0.05) is 48.4 Å². The first-order valence-corrected chi connectivity index (χ1v) is 18.4. The standard InChI is InChI=1S/C38H53ClN4O9/c1-21-10-9-11-29(49-8)38(48)20-28(50-36(47)41-38)23(3)33-37(5,52-33)30(19-31(44)43(7)27-18-25(16-21)17-22(2)32(27)39)51-35(46)24(4)42(6)34(45)26-12-14-40-15-13-26/h9-11,17-18,23-24,26,28-30,33,40,48H,12-16,19-20H2,1-8H3,(H,41,47)/b11-9+,21-10+/t23-,24+,28+,29-,30+,33+,37+,38+/m1/s1. The number of benzene rings is 1. The summed E-state index contributed by atoms with van der Waals surface area (Å²) in [5, 5.41) is 17.9. The van der Waals surface area contributed by atoms with Crippen LogP contribution in [0.15, 0.2) is 35.9 Å². The number of amides is 3. The molecule has 3 N–H and O–H groups in total. The lowest BCUT2D eigenvalue weighted by atomic mass is 9.83. The first-order chi connectivity index (χ1) is 24.5. The Balaban J connectivity index is 1.50. The number of allylic oxidation sites excluding steroid dienone is 3. The number of nitrogens with one attached hydrogen (secondary N) is 2. The number of hydrogen-bond donors (Lipinski definition) is 3. The number of carbonyl (C=O) groups is 4. The normalized spacial score (nSPS) is 33.8. The monoisotopic (exact) mass is 744 g/mol. The summed E-state index contributed by atoms with van der Waals surface area (Å²) in [6, 6.07) is 2.89. The van der Waals surface area contributed by atoms with Gasteiger partial charge in [-0.3, -0.25) is 14.9 Å². The maximum Gasteiger partial charge on any atom is 0.409 e. The fraction of sp³-hybridized carbons (Fsp3) is 0.632. The number of esters is 1. The van der Waals surface area contributed by atoms with Crippen molar-refractivity contribution in [3.05, 3.63) is 52.1 Å². The Hall–Kier alpha value is -3.49. The van der Waals surface area contributed by atoms with Crippen molar-refractivity contribution in [2.24, 2.45) is 11.8 Å². The third-order valence-corrected chi connectivity index (χ3v) is 11.7. The number of ether oxygens (including phenoxy) is 4. The highest BCUT2D eigenvalue weighted by molar-refractivity contribution is 6.34. The van der Waals surface area contributed by atoms with Gasteiger partial charge in [-0.2, -0.15) is 0 Å². The molecule has 0 unspecified atom stereocenters. The number of nitrogens with zero attached hydrogens (tertiary/aromatic N) is 2. The molecule has 286 valence electrons. The number of alkyl carbamates (subject to hydrolysis) is 1. The van der Waals surface area contributed by atoms with E-state index in [1.165, 1.54) is 16.9 Å². The van der Waals surface area contributed by atoms with Crippen LogP contribution in [0.3, 0.4) is 0 Å². The number of fused-ring (bicyclic) bond motifs is 5. The highest BCUT2D eigenvalue weighted by Gasteiger charge is 2.64. The average Bonchev–Trinajstić information content (AvgIpc) is 3.81. The van der Waals surface area contributed by atoms with Crippen molar-refractivity contribution < 1.29 is 43.2 Å². The number of halogens is 1. The molecule has 52 heavy (non-hydrogen) atoms. The Kier molecular flexibility index (Phi) is 12.1. The van der Waals surface area contributed by atoms with Crippen LogP contribution in [-0.4, -0.2) is 110 Å². The van der Waals surface area contributed by atoms with Crippen molar-refractivity contribution in [2.75, 3.05) is 39.2 Å². The van der Waals surface area contributed by atoms with Crippen molar-refractivity contribution in [1.29, 1.82) is 0 Å². The van der Waals surface area contributed by atoms with Gasteiger partial charge in [0.2, 0.25) is 11.8 Å². The van der Waals surface area contributed by atoms with Crippen LogP contribution in [0.1, 0.15) is 64.5 Å². The van der Waals surface area contributed by atoms with Crippen molar-refractivity contribution in [3.8, 4) is 0 Å². The molecule has 8 atom stereocenters. The van der Waals surface area contributed by atoms with Crippen LogP contribution in [0.25, 0.3) is 0 Å². The molecular formula is C38H53ClN4O9. The predicted molar refractivity (Wildman–Crippen MR) is 195 cm³/mol. The SMILES string of the molecule is CO[C@@H]1/C=C/C=C(\C)Cc2cc(C)c(Cl)c(c2)N(C)C(=O)C[C@H](OC(=O)[C@H](C)N(C)C(=O)C2CCNCC2)[C@]2(C)O[C@H]2[C@H](C)[C@@H]2C[C@@]1(O)NC(=O)O2. The lowest BCUT2D eigenvalue weighted by Gasteiger charge is -2.42. The summed E-state index contributed by atoms with van der Waals surface area (Å²) in [4.78, 5) is 57.0. The Morgan fingerprint density at radius 2 is 1.88 bits per heavy atom. The molecule has 1 aromatic carbocycles. The van der Waals surface area contributed by atoms with Gasteiger partial charge in [0.15, 0.2) is 5.72 Å². The van der Waals surface area contributed by atoms with E-state index in [9.17, 15) is 24.3 Å². The predicted octanol–water partition coefficient (Wildman–Crippen LogP) is 3.81. The second-order valence-electron chi connectivity index (χ2n) is 15.0. The molecule has 4 bridgehead atoms. The topological polar surface area (TPSA) is 159 Å². The van der Waals surface area contributed by atoms with Crippen LogP contribution in [0, 0.1) is 18.8 Å². The van der Waals surface area contributed by atoms with Gasteiger partial charge in [-0.05, 0) is 77.2 Å². The maximum absolute atomic E-state index is 14.1. The summed E-state index contributed by atoms with van der Waals surface area (Å²) < 4.78 is 23.7. The zero-order chi connectivity index (χ0) is 38.1. The Morgan fingerprint density at radius 1 is 1.19 bits per heavy atom. The zero-order valence-corrected chi connectivity index (χ0v) is 32.1. The van der Waals surface area contributed by atoms with E-state index >= 15 is 0 Å². The summed E-state index contributed by atoms with van der Waals surface area (Å²) in [5.74, 6) is -1.89. The van der Waals surface area contributed by atoms with Gasteiger partial charge in [0.25, 0.3) is 0 Å². The molecular weight excluding hydrogens is 692 g/mol. The fourth-order valence-corrected chi connectivity index (χ4v) is 7.82. The molecule has 0 aliphatic carbocycles. The number of epoxide rings is 1. The number of piperidine rings is 1. The molecule has 0 aromatic heterocycles. The van der Waals surface area contributed by atoms with Crippen LogP contribution in [0.5, 0.6) is 0 Å². The van der Waals surface area contributed by atoms with Gasteiger partial charge in [0.1, 0.15) is 30.0 Å². The fourth-order valence-electron chi connectivity index (χ4n) is 7.59. The van der Waals surface area contributed by atoms with Gasteiger partial charge >= 0.3 is 12.1 Å². The number of hydrogen-bond acceptors (Lipinski definition) is 10. The van der Waals surface area contributed by atoms with Gasteiger partial charge < -0.3 is 39.2 Å². The minimum Gasteiger partial charge on any atom is -0.457 e. The van der Waals surface area contributed by atoms with Gasteiger partial charge in [0, 0.05) is 39.5 Å². The van der Waals surface area contributed by atoms with E-state index in [0.29, 0.717) is 30.0 Å². The van der Waals surface area contributed by atoms with Crippen LogP contribution in [0.4, 0.5) is 10.5 Å². The third-order valence-electron chi connectivity index (χ3n) is 11.2. The number of rotatable bonds is 5. The molecule has 3 saturated heterocycles. The van der Waals surface area contributed by atoms with Gasteiger partial charge in [0.05, 0.1) is 23.2 Å². The van der Waals surface area contributed by atoms with Gasteiger partial charge in [-0.25, -0.2) is 9.59 Å². The van der Waals surface area contributed by atoms with Crippen molar-refractivity contribution >= 4 is 41.2 Å². The molecule has 0 spiro atoms. The molecule has 4 aliphatic rings. The van der Waals surface area contributed by atoms with Crippen LogP contribution < -0.4 is 15.5 Å². The molecule has 0 saturated carbocycles. The van der Waals surface area contributed by atoms with E-state index in [2.05, 4.69) is 10.6 Å². The Bertz CT molecular complexity index is 1610. The van der Waals surface area contributed by atoms with E-state index in [-0.39, 0.29) is 30.6 Å². The number of methoxy groups -OCH3 is 1. The molecule has 3 amide bonds. The molecule has 14 heteroatoms. The largest absolute Gasteiger partial charge is 0.457 e. The van der Waals surface area contributed by atoms with Crippen LogP contribution >= 0.6 is 11.6 Å². The molecule has 4 aliphatic heterocycles. The minimum absolute atomic E-state index is 0.0300.